The van der Waals surface area contributed by atoms with E-state index in [1.807, 2.05) is 20.8 Å². The number of hydrogen-bond donors (Lipinski definition) is 2. The van der Waals surface area contributed by atoms with Crippen LogP contribution >= 0.6 is 12.2 Å². The first-order valence-electron chi connectivity index (χ1n) is 5.66. The zero-order chi connectivity index (χ0) is 12.8. The van der Waals surface area contributed by atoms with Crippen LogP contribution in [0.25, 0.3) is 0 Å². The maximum atomic E-state index is 5.85. The van der Waals surface area contributed by atoms with Gasteiger partial charge in [-0.15, -0.1) is 0 Å². The van der Waals surface area contributed by atoms with Crippen LogP contribution in [0.2, 0.25) is 0 Å². The van der Waals surface area contributed by atoms with Gasteiger partial charge in [-0.3, -0.25) is 0 Å². The van der Waals surface area contributed by atoms with Gasteiger partial charge in [-0.25, -0.2) is 4.98 Å². The number of H-pyrrole nitrogens is 1. The van der Waals surface area contributed by atoms with Crippen molar-refractivity contribution in [1.29, 1.82) is 0 Å². The third-order valence-electron chi connectivity index (χ3n) is 2.35. The van der Waals surface area contributed by atoms with Crippen molar-refractivity contribution in [3.8, 4) is 0 Å². The number of aromatic nitrogens is 2. The zero-order valence-corrected chi connectivity index (χ0v) is 11.3. The van der Waals surface area contributed by atoms with Gasteiger partial charge in [-0.05, 0) is 33.0 Å². The smallest absolute Gasteiger partial charge is 0.198 e. The number of anilines is 1. The summed E-state index contributed by atoms with van der Waals surface area (Å²) in [6, 6.07) is 0. The SMILES string of the molecule is CCOC(Cc1c(N)nc(=S)[nH]c1C)OCC. The molecule has 0 amide bonds. The fraction of sp³-hybridized carbons (Fsp3) is 0.636. The quantitative estimate of drug-likeness (QED) is 0.602. The maximum absolute atomic E-state index is 5.85. The van der Waals surface area contributed by atoms with Gasteiger partial charge in [0.1, 0.15) is 5.82 Å². The van der Waals surface area contributed by atoms with E-state index in [1.54, 1.807) is 0 Å². The van der Waals surface area contributed by atoms with E-state index in [2.05, 4.69) is 9.97 Å². The van der Waals surface area contributed by atoms with E-state index in [0.717, 1.165) is 11.3 Å². The average molecular weight is 257 g/mol. The lowest BCUT2D eigenvalue weighted by atomic mass is 10.1. The lowest BCUT2D eigenvalue weighted by Gasteiger charge is -2.18. The number of nitrogen functional groups attached to an aromatic ring is 1. The number of nitrogens with zero attached hydrogens (tertiary/aromatic N) is 1. The summed E-state index contributed by atoms with van der Waals surface area (Å²) >= 11 is 4.95. The largest absolute Gasteiger partial charge is 0.383 e. The second kappa shape index (κ2) is 6.68. The topological polar surface area (TPSA) is 73.2 Å². The Morgan fingerprint density at radius 2 is 1.94 bits per heavy atom. The van der Waals surface area contributed by atoms with Crippen molar-refractivity contribution in [2.75, 3.05) is 18.9 Å². The van der Waals surface area contributed by atoms with E-state index in [1.165, 1.54) is 0 Å². The van der Waals surface area contributed by atoms with Gasteiger partial charge < -0.3 is 20.2 Å². The van der Waals surface area contributed by atoms with E-state index in [4.69, 9.17) is 27.4 Å². The highest BCUT2D eigenvalue weighted by atomic mass is 32.1. The van der Waals surface area contributed by atoms with Crippen LogP contribution in [0.5, 0.6) is 0 Å². The van der Waals surface area contributed by atoms with E-state index in [9.17, 15) is 0 Å². The van der Waals surface area contributed by atoms with Gasteiger partial charge in [0, 0.05) is 30.9 Å². The summed E-state index contributed by atoms with van der Waals surface area (Å²) in [5.41, 5.74) is 7.66. The van der Waals surface area contributed by atoms with Crippen LogP contribution in [0.15, 0.2) is 0 Å². The number of aromatic amines is 1. The number of nitrogens with one attached hydrogen (secondary N) is 1. The van der Waals surface area contributed by atoms with E-state index in [-0.39, 0.29) is 6.29 Å². The second-order valence-electron chi connectivity index (χ2n) is 3.58. The molecule has 0 aliphatic carbocycles. The van der Waals surface area contributed by atoms with E-state index >= 15 is 0 Å². The normalized spacial score (nSPS) is 11.1. The summed E-state index contributed by atoms with van der Waals surface area (Å²) in [4.78, 5) is 7.02. The molecule has 0 fully saturated rings. The number of rotatable bonds is 6. The van der Waals surface area contributed by atoms with Crippen LogP contribution in [0.3, 0.4) is 0 Å². The molecule has 3 N–H and O–H groups in total. The molecule has 0 saturated heterocycles. The van der Waals surface area contributed by atoms with Crippen LogP contribution in [0, 0.1) is 11.7 Å². The first-order chi connectivity index (χ1) is 8.08. The molecule has 1 heterocycles. The fourth-order valence-electron chi connectivity index (χ4n) is 1.59. The Morgan fingerprint density at radius 3 is 2.41 bits per heavy atom. The molecule has 17 heavy (non-hydrogen) atoms. The maximum Gasteiger partial charge on any atom is 0.198 e. The number of aryl methyl sites for hydroxylation is 1. The van der Waals surface area contributed by atoms with Crippen molar-refractivity contribution in [2.45, 2.75) is 33.5 Å². The molecule has 0 aliphatic rings. The molecule has 0 aliphatic heterocycles. The summed E-state index contributed by atoms with van der Waals surface area (Å²) in [5, 5.41) is 0. The van der Waals surface area contributed by atoms with Crippen LogP contribution < -0.4 is 5.73 Å². The van der Waals surface area contributed by atoms with Crippen molar-refractivity contribution in [3.05, 3.63) is 16.0 Å². The summed E-state index contributed by atoms with van der Waals surface area (Å²) in [7, 11) is 0. The Kier molecular flexibility index (Phi) is 5.54. The van der Waals surface area contributed by atoms with Gasteiger partial charge in [0.15, 0.2) is 11.1 Å². The van der Waals surface area contributed by atoms with Gasteiger partial charge >= 0.3 is 0 Å². The average Bonchev–Trinajstić information content (AvgIpc) is 2.23. The van der Waals surface area contributed by atoms with Crippen LogP contribution in [0.1, 0.15) is 25.1 Å². The minimum atomic E-state index is -0.294. The molecule has 1 aromatic heterocycles. The van der Waals surface area contributed by atoms with Crippen LogP contribution in [-0.4, -0.2) is 29.5 Å². The molecule has 0 saturated carbocycles. The van der Waals surface area contributed by atoms with Gasteiger partial charge in [-0.1, -0.05) is 0 Å². The number of hydrogen-bond acceptors (Lipinski definition) is 5. The minimum absolute atomic E-state index is 0.294. The first kappa shape index (κ1) is 14.1. The monoisotopic (exact) mass is 257 g/mol. The standard InChI is InChI=1S/C11H19N3O2S/c1-4-15-9(16-5-2)6-8-7(3)13-11(17)14-10(8)12/h9H,4-6H2,1-3H3,(H3,12,13,14,17). The number of ether oxygens (including phenoxy) is 2. The van der Waals surface area contributed by atoms with Crippen molar-refractivity contribution in [3.63, 3.8) is 0 Å². The van der Waals surface area contributed by atoms with E-state index < -0.39 is 0 Å². The van der Waals surface area contributed by atoms with E-state index in [0.29, 0.717) is 30.2 Å². The highest BCUT2D eigenvalue weighted by Crippen LogP contribution is 2.16. The lowest BCUT2D eigenvalue weighted by molar-refractivity contribution is -0.134. The molecule has 0 spiro atoms. The molecule has 0 aromatic carbocycles. The minimum Gasteiger partial charge on any atom is -0.383 e. The van der Waals surface area contributed by atoms with Gasteiger partial charge in [0.05, 0.1) is 0 Å². The predicted octanol–water partition coefficient (Wildman–Crippen LogP) is 1.97. The summed E-state index contributed by atoms with van der Waals surface area (Å²) in [6.07, 6.45) is 0.274. The van der Waals surface area contributed by atoms with Crippen molar-refractivity contribution in [2.24, 2.45) is 0 Å². The summed E-state index contributed by atoms with van der Waals surface area (Å²) < 4.78 is 11.4. The van der Waals surface area contributed by atoms with Gasteiger partial charge in [0.25, 0.3) is 0 Å². The molecule has 6 heteroatoms. The molecule has 0 radical (unpaired) electrons. The highest BCUT2D eigenvalue weighted by molar-refractivity contribution is 7.71. The molecule has 1 aromatic rings. The second-order valence-corrected chi connectivity index (χ2v) is 3.96. The Labute approximate surface area is 106 Å². The molecule has 0 atom stereocenters. The Balaban J connectivity index is 2.88. The van der Waals surface area contributed by atoms with Crippen LogP contribution in [-0.2, 0) is 15.9 Å². The third-order valence-corrected chi connectivity index (χ3v) is 2.55. The molecular formula is C11H19N3O2S. The van der Waals surface area contributed by atoms with Crippen molar-refractivity contribution in [1.82, 2.24) is 9.97 Å². The summed E-state index contributed by atoms with van der Waals surface area (Å²) in [5.74, 6) is 0.440. The Morgan fingerprint density at radius 1 is 1.35 bits per heavy atom. The molecule has 1 rings (SSSR count). The van der Waals surface area contributed by atoms with Gasteiger partial charge in [0.2, 0.25) is 0 Å². The van der Waals surface area contributed by atoms with Crippen molar-refractivity contribution >= 4 is 18.0 Å². The molecule has 0 unspecified atom stereocenters. The third kappa shape index (κ3) is 4.07. The first-order valence-corrected chi connectivity index (χ1v) is 6.07. The summed E-state index contributed by atoms with van der Waals surface area (Å²) in [6.45, 7) is 6.97. The lowest BCUT2D eigenvalue weighted by Crippen LogP contribution is -2.22. The molecule has 5 nitrogen and oxygen atoms in total. The zero-order valence-electron chi connectivity index (χ0n) is 10.4. The fourth-order valence-corrected chi connectivity index (χ4v) is 1.85. The van der Waals surface area contributed by atoms with Crippen molar-refractivity contribution < 1.29 is 9.47 Å². The number of nitrogens with two attached hydrogens (primary N) is 1. The molecule has 96 valence electrons. The van der Waals surface area contributed by atoms with Gasteiger partial charge in [-0.2, -0.15) is 0 Å². The molecular weight excluding hydrogens is 238 g/mol. The molecule has 0 bridgehead atoms. The van der Waals surface area contributed by atoms with Crippen LogP contribution in [0.4, 0.5) is 5.82 Å². The predicted molar refractivity (Wildman–Crippen MR) is 69.3 cm³/mol. The highest BCUT2D eigenvalue weighted by Gasteiger charge is 2.14. The Hall–Kier alpha value is -0.980. The Bertz CT molecular complexity index is 387.